The summed E-state index contributed by atoms with van der Waals surface area (Å²) in [5, 5.41) is 14.8. The Bertz CT molecular complexity index is 809. The highest BCUT2D eigenvalue weighted by molar-refractivity contribution is 5.78. The molecule has 3 nitrogen and oxygen atoms in total. The quantitative estimate of drug-likeness (QED) is 0.759. The van der Waals surface area contributed by atoms with E-state index >= 15 is 0 Å². The Morgan fingerprint density at radius 2 is 1.57 bits per heavy atom. The summed E-state index contributed by atoms with van der Waals surface area (Å²) in [5.74, 6) is 0.278. The molecule has 1 aromatic heterocycles. The number of hydrogen-bond acceptors (Lipinski definition) is 2. The molecule has 0 radical (unpaired) electrons. The zero-order valence-corrected chi connectivity index (χ0v) is 12.5. The van der Waals surface area contributed by atoms with Crippen molar-refractivity contribution < 1.29 is 6.53 Å². The number of nitrogens with zero attached hydrogens (tertiary/aromatic N) is 2. The van der Waals surface area contributed by atoms with Crippen molar-refractivity contribution in [2.45, 2.75) is 13.8 Å². The van der Waals surface area contributed by atoms with Crippen molar-refractivity contribution in [3.8, 4) is 28.3 Å². The summed E-state index contributed by atoms with van der Waals surface area (Å²) in [6.07, 6.45) is 0. The Kier molecular flexibility index (Phi) is 3.26. The second-order valence-corrected chi connectivity index (χ2v) is 5.28. The van der Waals surface area contributed by atoms with Gasteiger partial charge in [-0.3, -0.25) is 4.68 Å². The summed E-state index contributed by atoms with van der Waals surface area (Å²) in [6, 6.07) is 15.6. The highest BCUT2D eigenvalue weighted by Crippen LogP contribution is 2.36. The second kappa shape index (κ2) is 5.09. The predicted octanol–water partition coefficient (Wildman–Crippen LogP) is 4.32. The minimum Gasteiger partial charge on any atom is -0.507 e. The van der Waals surface area contributed by atoms with E-state index in [4.69, 9.17) is 0 Å². The van der Waals surface area contributed by atoms with Gasteiger partial charge < -0.3 is 5.11 Å². The highest BCUT2D eigenvalue weighted by atomic mass is 16.3. The number of aryl methyl sites for hydroxylation is 2. The van der Waals surface area contributed by atoms with Crippen LogP contribution in [0.25, 0.3) is 22.5 Å². The van der Waals surface area contributed by atoms with Crippen molar-refractivity contribution in [2.75, 3.05) is 0 Å². The minimum absolute atomic E-state index is 0. The van der Waals surface area contributed by atoms with Gasteiger partial charge in [0.05, 0.1) is 11.4 Å². The lowest BCUT2D eigenvalue weighted by molar-refractivity contribution is 0.476. The number of phenols is 1. The smallest absolute Gasteiger partial charge is 0.124 e. The number of benzene rings is 2. The van der Waals surface area contributed by atoms with Crippen LogP contribution in [0.1, 0.15) is 12.6 Å². The van der Waals surface area contributed by atoms with Crippen LogP contribution in [0.4, 0.5) is 0 Å². The maximum atomic E-state index is 10.1. The molecule has 0 amide bonds. The van der Waals surface area contributed by atoms with E-state index in [-0.39, 0.29) is 7.18 Å². The minimum atomic E-state index is 0. The number of aromatic nitrogens is 2. The maximum Gasteiger partial charge on any atom is 0.124 e. The lowest BCUT2D eigenvalue weighted by Gasteiger charge is -2.06. The van der Waals surface area contributed by atoms with Gasteiger partial charge in [0.2, 0.25) is 0 Å². The van der Waals surface area contributed by atoms with Gasteiger partial charge in [0.15, 0.2) is 0 Å². The molecule has 0 saturated carbocycles. The topological polar surface area (TPSA) is 38.0 Å². The zero-order valence-electron chi connectivity index (χ0n) is 12.5. The van der Waals surface area contributed by atoms with Gasteiger partial charge in [0.1, 0.15) is 5.75 Å². The summed E-state index contributed by atoms with van der Waals surface area (Å²) in [5.41, 5.74) is 6.13. The molecule has 0 saturated heterocycles. The fourth-order valence-corrected chi connectivity index (χ4v) is 2.77. The molecule has 2 aromatic carbocycles. The molecule has 0 aliphatic heterocycles. The van der Waals surface area contributed by atoms with Crippen LogP contribution in [0, 0.1) is 13.8 Å². The molecule has 0 aliphatic rings. The first kappa shape index (κ1) is 13.4. The largest absolute Gasteiger partial charge is 0.507 e. The standard InChI is InChI=1S/C18H18N2O.H2/c1-12-8-4-5-9-14(12)17-13(2)18(20(3)19-17)15-10-6-7-11-16(15)21;/h4-11,21H,1-3H3;1H. The molecule has 0 aliphatic carbocycles. The number of rotatable bonds is 2. The molecule has 0 fully saturated rings. The van der Waals surface area contributed by atoms with E-state index in [0.29, 0.717) is 0 Å². The van der Waals surface area contributed by atoms with Gasteiger partial charge in [0.25, 0.3) is 0 Å². The van der Waals surface area contributed by atoms with E-state index in [1.807, 2.05) is 42.1 Å². The van der Waals surface area contributed by atoms with Crippen LogP contribution in [0.5, 0.6) is 5.75 Å². The fourth-order valence-electron chi connectivity index (χ4n) is 2.77. The van der Waals surface area contributed by atoms with Gasteiger partial charge in [-0.1, -0.05) is 36.4 Å². The third-order valence-corrected chi connectivity index (χ3v) is 3.84. The summed E-state index contributed by atoms with van der Waals surface area (Å²) in [6.45, 7) is 4.14. The van der Waals surface area contributed by atoms with E-state index in [1.54, 1.807) is 6.07 Å². The Morgan fingerprint density at radius 1 is 0.952 bits per heavy atom. The Hall–Kier alpha value is -2.55. The average molecular weight is 280 g/mol. The van der Waals surface area contributed by atoms with Gasteiger partial charge in [-0.2, -0.15) is 5.10 Å². The average Bonchev–Trinajstić information content (AvgIpc) is 2.75. The highest BCUT2D eigenvalue weighted by Gasteiger charge is 2.18. The number of hydrogen-bond donors (Lipinski definition) is 1. The van der Waals surface area contributed by atoms with E-state index in [9.17, 15) is 5.11 Å². The lowest BCUT2D eigenvalue weighted by atomic mass is 9.99. The van der Waals surface area contributed by atoms with Crippen molar-refractivity contribution in [1.82, 2.24) is 9.78 Å². The van der Waals surface area contributed by atoms with Crippen molar-refractivity contribution in [3.05, 3.63) is 59.7 Å². The van der Waals surface area contributed by atoms with Gasteiger partial charge >= 0.3 is 0 Å². The first-order valence-electron chi connectivity index (χ1n) is 6.97. The summed E-state index contributed by atoms with van der Waals surface area (Å²) < 4.78 is 1.84. The van der Waals surface area contributed by atoms with Gasteiger partial charge in [-0.05, 0) is 31.5 Å². The summed E-state index contributed by atoms with van der Waals surface area (Å²) in [4.78, 5) is 0. The van der Waals surface area contributed by atoms with E-state index in [0.717, 1.165) is 28.1 Å². The molecule has 21 heavy (non-hydrogen) atoms. The van der Waals surface area contributed by atoms with Gasteiger partial charge in [-0.15, -0.1) is 0 Å². The Labute approximate surface area is 126 Å². The molecule has 3 aromatic rings. The van der Waals surface area contributed by atoms with Crippen molar-refractivity contribution in [3.63, 3.8) is 0 Å². The summed E-state index contributed by atoms with van der Waals surface area (Å²) in [7, 11) is 1.91. The van der Waals surface area contributed by atoms with Crippen LogP contribution in [0.3, 0.4) is 0 Å². The molecule has 3 heteroatoms. The Morgan fingerprint density at radius 3 is 2.24 bits per heavy atom. The van der Waals surface area contributed by atoms with Crippen molar-refractivity contribution >= 4 is 0 Å². The fraction of sp³-hybridized carbons (Fsp3) is 0.167. The first-order chi connectivity index (χ1) is 10.1. The molecule has 0 bridgehead atoms. The van der Waals surface area contributed by atoms with E-state index in [1.165, 1.54) is 5.56 Å². The molecular weight excluding hydrogens is 260 g/mol. The predicted molar refractivity (Wildman–Crippen MR) is 87.3 cm³/mol. The second-order valence-electron chi connectivity index (χ2n) is 5.28. The molecule has 0 unspecified atom stereocenters. The molecule has 0 atom stereocenters. The van der Waals surface area contributed by atoms with Crippen LogP contribution < -0.4 is 0 Å². The first-order valence-corrected chi connectivity index (χ1v) is 6.97. The van der Waals surface area contributed by atoms with E-state index in [2.05, 4.69) is 31.1 Å². The molecule has 1 N–H and O–H groups in total. The van der Waals surface area contributed by atoms with Crippen molar-refractivity contribution in [2.24, 2.45) is 7.05 Å². The van der Waals surface area contributed by atoms with Gasteiger partial charge in [-0.25, -0.2) is 0 Å². The van der Waals surface area contributed by atoms with E-state index < -0.39 is 0 Å². The third-order valence-electron chi connectivity index (χ3n) is 3.84. The molecular formula is C18H20N2O. The lowest BCUT2D eigenvalue weighted by Crippen LogP contribution is -1.94. The third kappa shape index (κ3) is 2.21. The molecule has 0 spiro atoms. The number of para-hydroxylation sites is 1. The summed E-state index contributed by atoms with van der Waals surface area (Å²) >= 11 is 0. The molecule has 1 heterocycles. The van der Waals surface area contributed by atoms with Crippen LogP contribution in [-0.4, -0.2) is 14.9 Å². The monoisotopic (exact) mass is 280 g/mol. The van der Waals surface area contributed by atoms with Crippen LogP contribution in [0.2, 0.25) is 0 Å². The van der Waals surface area contributed by atoms with Crippen LogP contribution in [0.15, 0.2) is 48.5 Å². The zero-order chi connectivity index (χ0) is 15.0. The Balaban J connectivity index is 0.00000176. The number of phenolic OH excluding ortho intramolecular Hbond substituents is 1. The SMILES string of the molecule is Cc1ccccc1-c1nn(C)c(-c2ccccc2O)c1C.[HH]. The van der Waals surface area contributed by atoms with Crippen molar-refractivity contribution in [1.29, 1.82) is 0 Å². The number of aromatic hydroxyl groups is 1. The van der Waals surface area contributed by atoms with Crippen LogP contribution >= 0.6 is 0 Å². The maximum absolute atomic E-state index is 10.1. The molecule has 3 rings (SSSR count). The van der Waals surface area contributed by atoms with Crippen LogP contribution in [-0.2, 0) is 7.05 Å². The normalized spacial score (nSPS) is 10.8. The van der Waals surface area contributed by atoms with Gasteiger partial charge in [0, 0.05) is 25.2 Å². The molecule has 108 valence electrons.